The zero-order valence-corrected chi connectivity index (χ0v) is 8.91. The van der Waals surface area contributed by atoms with Gasteiger partial charge < -0.3 is 15.2 Å². The molecule has 0 saturated carbocycles. The van der Waals surface area contributed by atoms with Crippen molar-refractivity contribution >= 4 is 5.97 Å². The van der Waals surface area contributed by atoms with Crippen LogP contribution in [0.4, 0.5) is 0 Å². The van der Waals surface area contributed by atoms with E-state index in [2.05, 4.69) is 5.32 Å². The Balaban J connectivity index is 2.65. The number of carboxylic acid groups (broad SMARTS) is 1. The molecule has 82 valence electrons. The number of carbonyl (C=O) groups is 1. The van der Waals surface area contributed by atoms with Crippen LogP contribution >= 0.6 is 0 Å². The van der Waals surface area contributed by atoms with E-state index in [1.54, 1.807) is 7.11 Å². The third kappa shape index (κ3) is 3.59. The Morgan fingerprint density at radius 1 is 1.53 bits per heavy atom. The molecular weight excluding hydrogens is 194 g/mol. The third-order valence-corrected chi connectivity index (χ3v) is 2.03. The summed E-state index contributed by atoms with van der Waals surface area (Å²) >= 11 is 0. The number of hydrogen-bond donors (Lipinski definition) is 2. The van der Waals surface area contributed by atoms with Gasteiger partial charge in [0.25, 0.3) is 0 Å². The molecule has 15 heavy (non-hydrogen) atoms. The van der Waals surface area contributed by atoms with Gasteiger partial charge in [0.1, 0.15) is 5.75 Å². The minimum atomic E-state index is -0.860. The summed E-state index contributed by atoms with van der Waals surface area (Å²) in [6, 6.07) is 5.82. The van der Waals surface area contributed by atoms with Crippen LogP contribution in [-0.2, 0) is 11.3 Å². The van der Waals surface area contributed by atoms with Gasteiger partial charge in [0, 0.05) is 12.1 Å². The number of benzene rings is 1. The lowest BCUT2D eigenvalue weighted by Gasteiger charge is -2.09. The number of ether oxygens (including phenoxy) is 1. The first kappa shape index (κ1) is 11.5. The number of aliphatic carboxylic acids is 1. The highest BCUT2D eigenvalue weighted by atomic mass is 16.5. The summed E-state index contributed by atoms with van der Waals surface area (Å²) in [5.41, 5.74) is 2.10. The van der Waals surface area contributed by atoms with Crippen molar-refractivity contribution in [2.45, 2.75) is 13.5 Å². The zero-order chi connectivity index (χ0) is 11.3. The van der Waals surface area contributed by atoms with Crippen molar-refractivity contribution in [2.75, 3.05) is 13.7 Å². The average molecular weight is 209 g/mol. The molecule has 4 nitrogen and oxygen atoms in total. The van der Waals surface area contributed by atoms with Gasteiger partial charge in [0.05, 0.1) is 13.7 Å². The first-order valence-corrected chi connectivity index (χ1v) is 4.69. The molecule has 0 atom stereocenters. The van der Waals surface area contributed by atoms with E-state index in [1.807, 2.05) is 25.1 Å². The van der Waals surface area contributed by atoms with Gasteiger partial charge in [-0.1, -0.05) is 17.7 Å². The van der Waals surface area contributed by atoms with Crippen LogP contribution in [0.5, 0.6) is 5.75 Å². The molecule has 0 amide bonds. The van der Waals surface area contributed by atoms with Gasteiger partial charge >= 0.3 is 5.97 Å². The molecule has 0 saturated heterocycles. The summed E-state index contributed by atoms with van der Waals surface area (Å²) in [6.45, 7) is 2.44. The van der Waals surface area contributed by atoms with E-state index in [0.29, 0.717) is 6.54 Å². The number of carboxylic acids is 1. The van der Waals surface area contributed by atoms with Gasteiger partial charge in [0.2, 0.25) is 0 Å². The lowest BCUT2D eigenvalue weighted by molar-refractivity contribution is -0.135. The molecule has 1 rings (SSSR count). The first-order chi connectivity index (χ1) is 7.13. The van der Waals surface area contributed by atoms with Crippen LogP contribution in [0.3, 0.4) is 0 Å². The number of hydrogen-bond acceptors (Lipinski definition) is 3. The fraction of sp³-hybridized carbons (Fsp3) is 0.364. The smallest absolute Gasteiger partial charge is 0.317 e. The van der Waals surface area contributed by atoms with Gasteiger partial charge in [-0.25, -0.2) is 0 Å². The Kier molecular flexibility index (Phi) is 4.12. The molecule has 0 bridgehead atoms. The Morgan fingerprint density at radius 3 is 2.87 bits per heavy atom. The molecule has 4 heteroatoms. The highest BCUT2D eigenvalue weighted by molar-refractivity contribution is 5.69. The van der Waals surface area contributed by atoms with Crippen LogP contribution in [0.2, 0.25) is 0 Å². The maximum Gasteiger partial charge on any atom is 0.317 e. The molecule has 0 aliphatic carbocycles. The van der Waals surface area contributed by atoms with Gasteiger partial charge in [-0.15, -0.1) is 0 Å². The van der Waals surface area contributed by atoms with E-state index in [0.717, 1.165) is 16.9 Å². The largest absolute Gasteiger partial charge is 0.496 e. The van der Waals surface area contributed by atoms with Crippen LogP contribution in [-0.4, -0.2) is 24.7 Å². The highest BCUT2D eigenvalue weighted by Gasteiger charge is 2.03. The van der Waals surface area contributed by atoms with Gasteiger partial charge in [-0.2, -0.15) is 0 Å². The van der Waals surface area contributed by atoms with E-state index >= 15 is 0 Å². The fourth-order valence-electron chi connectivity index (χ4n) is 1.35. The minimum Gasteiger partial charge on any atom is -0.496 e. The van der Waals surface area contributed by atoms with Crippen LogP contribution in [0.1, 0.15) is 11.1 Å². The average Bonchev–Trinajstić information content (AvgIpc) is 2.17. The van der Waals surface area contributed by atoms with Crippen LogP contribution < -0.4 is 10.1 Å². The SMILES string of the molecule is COc1ccc(C)cc1CNCC(=O)O. The number of methoxy groups -OCH3 is 1. The lowest BCUT2D eigenvalue weighted by Crippen LogP contribution is -2.22. The molecular formula is C11H15NO3. The van der Waals surface area contributed by atoms with Crippen LogP contribution in [0.25, 0.3) is 0 Å². The summed E-state index contributed by atoms with van der Waals surface area (Å²) in [5.74, 6) is -0.0832. The molecule has 1 aromatic rings. The summed E-state index contributed by atoms with van der Waals surface area (Å²) in [4.78, 5) is 10.3. The van der Waals surface area contributed by atoms with Crippen LogP contribution in [0.15, 0.2) is 18.2 Å². The van der Waals surface area contributed by atoms with Crippen molar-refractivity contribution in [1.82, 2.24) is 5.32 Å². The maximum absolute atomic E-state index is 10.3. The predicted octanol–water partition coefficient (Wildman–Crippen LogP) is 1.18. The van der Waals surface area contributed by atoms with Gasteiger partial charge in [-0.3, -0.25) is 4.79 Å². The summed E-state index contributed by atoms with van der Waals surface area (Å²) in [6.07, 6.45) is 0. The molecule has 0 heterocycles. The number of aryl methyl sites for hydroxylation is 1. The van der Waals surface area contributed by atoms with E-state index in [4.69, 9.17) is 9.84 Å². The van der Waals surface area contributed by atoms with Crippen molar-refractivity contribution in [2.24, 2.45) is 0 Å². The second-order valence-electron chi connectivity index (χ2n) is 3.31. The molecule has 0 aliphatic rings. The summed E-state index contributed by atoms with van der Waals surface area (Å²) in [5, 5.41) is 11.3. The molecule has 0 aliphatic heterocycles. The third-order valence-electron chi connectivity index (χ3n) is 2.03. The Bertz CT molecular complexity index is 350. The minimum absolute atomic E-state index is 0.0445. The quantitative estimate of drug-likeness (QED) is 0.764. The topological polar surface area (TPSA) is 58.6 Å². The molecule has 0 fully saturated rings. The summed E-state index contributed by atoms with van der Waals surface area (Å²) in [7, 11) is 1.60. The molecule has 1 aromatic carbocycles. The standard InChI is InChI=1S/C11H15NO3/c1-8-3-4-10(15-2)9(5-8)6-12-7-11(13)14/h3-5,12H,6-7H2,1-2H3,(H,13,14). The van der Waals surface area contributed by atoms with Crippen molar-refractivity contribution < 1.29 is 14.6 Å². The Hall–Kier alpha value is -1.55. The van der Waals surface area contributed by atoms with Crippen molar-refractivity contribution in [1.29, 1.82) is 0 Å². The van der Waals surface area contributed by atoms with Crippen molar-refractivity contribution in [3.05, 3.63) is 29.3 Å². The second kappa shape index (κ2) is 5.36. The number of nitrogens with one attached hydrogen (secondary N) is 1. The zero-order valence-electron chi connectivity index (χ0n) is 8.91. The Labute approximate surface area is 88.9 Å². The van der Waals surface area contributed by atoms with E-state index < -0.39 is 5.97 Å². The molecule has 0 aromatic heterocycles. The summed E-state index contributed by atoms with van der Waals surface area (Å²) < 4.78 is 5.17. The predicted molar refractivity (Wildman–Crippen MR) is 57.1 cm³/mol. The lowest BCUT2D eigenvalue weighted by atomic mass is 10.1. The first-order valence-electron chi connectivity index (χ1n) is 4.69. The maximum atomic E-state index is 10.3. The van der Waals surface area contributed by atoms with E-state index in [9.17, 15) is 4.79 Å². The van der Waals surface area contributed by atoms with E-state index in [1.165, 1.54) is 0 Å². The van der Waals surface area contributed by atoms with Crippen molar-refractivity contribution in [3.63, 3.8) is 0 Å². The molecule has 0 spiro atoms. The monoisotopic (exact) mass is 209 g/mol. The van der Waals surface area contributed by atoms with Crippen LogP contribution in [0, 0.1) is 6.92 Å². The number of rotatable bonds is 5. The normalized spacial score (nSPS) is 10.0. The van der Waals surface area contributed by atoms with E-state index in [-0.39, 0.29) is 6.54 Å². The Morgan fingerprint density at radius 2 is 2.27 bits per heavy atom. The second-order valence-corrected chi connectivity index (χ2v) is 3.31. The van der Waals surface area contributed by atoms with Gasteiger partial charge in [0.15, 0.2) is 0 Å². The van der Waals surface area contributed by atoms with Gasteiger partial charge in [-0.05, 0) is 13.0 Å². The molecule has 0 unspecified atom stereocenters. The molecule has 2 N–H and O–H groups in total. The highest BCUT2D eigenvalue weighted by Crippen LogP contribution is 2.18. The fourth-order valence-corrected chi connectivity index (χ4v) is 1.35. The van der Waals surface area contributed by atoms with Crippen molar-refractivity contribution in [3.8, 4) is 5.75 Å². The molecule has 0 radical (unpaired) electrons.